The van der Waals surface area contributed by atoms with E-state index in [4.69, 9.17) is 0 Å². The highest BCUT2D eigenvalue weighted by molar-refractivity contribution is 7.25. The van der Waals surface area contributed by atoms with E-state index >= 15 is 0 Å². The molecule has 0 amide bonds. The van der Waals surface area contributed by atoms with Crippen molar-refractivity contribution >= 4 is 31.5 Å². The molecule has 0 atom stereocenters. The van der Waals surface area contributed by atoms with Crippen LogP contribution in [0.15, 0.2) is 36.7 Å². The van der Waals surface area contributed by atoms with E-state index in [2.05, 4.69) is 50.0 Å². The normalized spacial score (nSPS) is 12.4. The van der Waals surface area contributed by atoms with Crippen LogP contribution in [0.25, 0.3) is 20.2 Å². The molecule has 0 radical (unpaired) electrons. The van der Waals surface area contributed by atoms with Crippen LogP contribution in [0.4, 0.5) is 0 Å². The van der Waals surface area contributed by atoms with Gasteiger partial charge in [-0.3, -0.25) is 4.98 Å². The van der Waals surface area contributed by atoms with Crippen LogP contribution in [-0.2, 0) is 5.41 Å². The molecule has 0 unspecified atom stereocenters. The summed E-state index contributed by atoms with van der Waals surface area (Å²) in [5.41, 5.74) is 1.60. The van der Waals surface area contributed by atoms with Gasteiger partial charge in [0.05, 0.1) is 0 Å². The van der Waals surface area contributed by atoms with E-state index in [0.29, 0.717) is 0 Å². The molecule has 1 nitrogen and oxygen atoms in total. The zero-order chi connectivity index (χ0) is 12.0. The Morgan fingerprint density at radius 1 is 1.00 bits per heavy atom. The monoisotopic (exact) mass is 241 g/mol. The Bertz CT molecular complexity index is 689. The molecule has 0 aliphatic rings. The topological polar surface area (TPSA) is 12.9 Å². The standard InChI is InChI=1S/C15H15NS/c1-15(2,3)10-4-5-11-12-9-16-7-6-13(12)17-14(11)8-10/h4-9H,1-3H3. The Hall–Kier alpha value is -1.41. The molecule has 0 N–H and O–H groups in total. The predicted octanol–water partition coefficient (Wildman–Crippen LogP) is 4.75. The fourth-order valence-corrected chi connectivity index (χ4v) is 3.20. The van der Waals surface area contributed by atoms with Gasteiger partial charge in [0.25, 0.3) is 0 Å². The number of nitrogens with zero attached hydrogens (tertiary/aromatic N) is 1. The summed E-state index contributed by atoms with van der Waals surface area (Å²) in [5, 5.41) is 2.60. The van der Waals surface area contributed by atoms with Crippen molar-refractivity contribution in [3.8, 4) is 0 Å². The second-order valence-electron chi connectivity index (χ2n) is 5.43. The first-order chi connectivity index (χ1) is 8.05. The van der Waals surface area contributed by atoms with Gasteiger partial charge in [-0.1, -0.05) is 32.9 Å². The minimum Gasteiger partial charge on any atom is -0.264 e. The Morgan fingerprint density at radius 3 is 2.59 bits per heavy atom. The third-order valence-corrected chi connectivity index (χ3v) is 4.27. The van der Waals surface area contributed by atoms with Crippen LogP contribution < -0.4 is 0 Å². The van der Waals surface area contributed by atoms with Crippen LogP contribution in [0.1, 0.15) is 26.3 Å². The molecule has 2 heterocycles. The van der Waals surface area contributed by atoms with Crippen molar-refractivity contribution in [3.05, 3.63) is 42.2 Å². The third-order valence-electron chi connectivity index (χ3n) is 3.14. The van der Waals surface area contributed by atoms with E-state index in [1.54, 1.807) is 0 Å². The smallest absolute Gasteiger partial charge is 0.0386 e. The Morgan fingerprint density at radius 2 is 1.82 bits per heavy atom. The molecule has 1 aromatic carbocycles. The van der Waals surface area contributed by atoms with E-state index in [-0.39, 0.29) is 5.41 Å². The Labute approximate surface area is 105 Å². The van der Waals surface area contributed by atoms with Crippen molar-refractivity contribution in [1.82, 2.24) is 4.98 Å². The fraction of sp³-hybridized carbons (Fsp3) is 0.267. The quantitative estimate of drug-likeness (QED) is 0.553. The van der Waals surface area contributed by atoms with Gasteiger partial charge in [-0.25, -0.2) is 0 Å². The first-order valence-corrected chi connectivity index (χ1v) is 6.64. The average Bonchev–Trinajstić information content (AvgIpc) is 2.65. The number of fused-ring (bicyclic) bond motifs is 3. The van der Waals surface area contributed by atoms with Crippen molar-refractivity contribution < 1.29 is 0 Å². The van der Waals surface area contributed by atoms with Crippen LogP contribution in [0.3, 0.4) is 0 Å². The summed E-state index contributed by atoms with van der Waals surface area (Å²) in [6, 6.07) is 8.88. The number of benzene rings is 1. The minimum absolute atomic E-state index is 0.211. The molecule has 0 fully saturated rings. The van der Waals surface area contributed by atoms with E-state index < -0.39 is 0 Å². The first kappa shape index (κ1) is 10.7. The molecule has 0 aliphatic heterocycles. The van der Waals surface area contributed by atoms with Crippen molar-refractivity contribution in [3.63, 3.8) is 0 Å². The van der Waals surface area contributed by atoms with Gasteiger partial charge < -0.3 is 0 Å². The second kappa shape index (κ2) is 3.54. The lowest BCUT2D eigenvalue weighted by Gasteiger charge is -2.18. The summed E-state index contributed by atoms with van der Waals surface area (Å²) >= 11 is 1.85. The Balaban J connectivity index is 2.34. The molecule has 0 saturated carbocycles. The average molecular weight is 241 g/mol. The van der Waals surface area contributed by atoms with Gasteiger partial charge in [-0.05, 0) is 23.1 Å². The number of aromatic nitrogens is 1. The minimum atomic E-state index is 0.211. The van der Waals surface area contributed by atoms with Gasteiger partial charge in [0.1, 0.15) is 0 Å². The molecule has 3 rings (SSSR count). The Kier molecular flexibility index (Phi) is 2.23. The number of hydrogen-bond donors (Lipinski definition) is 0. The molecule has 2 heteroatoms. The van der Waals surface area contributed by atoms with Gasteiger partial charge in [0.2, 0.25) is 0 Å². The summed E-state index contributed by atoms with van der Waals surface area (Å²) in [4.78, 5) is 4.21. The zero-order valence-electron chi connectivity index (χ0n) is 10.3. The van der Waals surface area contributed by atoms with Crippen molar-refractivity contribution in [2.75, 3.05) is 0 Å². The van der Waals surface area contributed by atoms with Gasteiger partial charge in [0.15, 0.2) is 0 Å². The highest BCUT2D eigenvalue weighted by Crippen LogP contribution is 2.35. The molecule has 0 spiro atoms. The lowest BCUT2D eigenvalue weighted by molar-refractivity contribution is 0.591. The van der Waals surface area contributed by atoms with Gasteiger partial charge in [0, 0.05) is 32.6 Å². The molecule has 0 saturated heterocycles. The highest BCUT2D eigenvalue weighted by atomic mass is 32.1. The largest absolute Gasteiger partial charge is 0.264 e. The number of pyridine rings is 1. The summed E-state index contributed by atoms with van der Waals surface area (Å²) in [5.74, 6) is 0. The van der Waals surface area contributed by atoms with Gasteiger partial charge in [-0.2, -0.15) is 0 Å². The lowest BCUT2D eigenvalue weighted by atomic mass is 9.87. The number of thiophene rings is 1. The fourth-order valence-electron chi connectivity index (χ4n) is 2.09. The lowest BCUT2D eigenvalue weighted by Crippen LogP contribution is -2.10. The summed E-state index contributed by atoms with van der Waals surface area (Å²) < 4.78 is 2.68. The summed E-state index contributed by atoms with van der Waals surface area (Å²) in [7, 11) is 0. The van der Waals surface area contributed by atoms with Crippen molar-refractivity contribution in [2.45, 2.75) is 26.2 Å². The molecule has 86 valence electrons. The van der Waals surface area contributed by atoms with Crippen LogP contribution in [0, 0.1) is 0 Å². The molecule has 0 aliphatic carbocycles. The molecule has 17 heavy (non-hydrogen) atoms. The predicted molar refractivity (Wildman–Crippen MR) is 75.8 cm³/mol. The van der Waals surface area contributed by atoms with E-state index in [0.717, 1.165) is 0 Å². The van der Waals surface area contributed by atoms with Crippen molar-refractivity contribution in [1.29, 1.82) is 0 Å². The summed E-state index contributed by atoms with van der Waals surface area (Å²) in [6.45, 7) is 6.76. The second-order valence-corrected chi connectivity index (χ2v) is 6.52. The van der Waals surface area contributed by atoms with E-state index in [9.17, 15) is 0 Å². The first-order valence-electron chi connectivity index (χ1n) is 5.82. The third kappa shape index (κ3) is 1.73. The van der Waals surface area contributed by atoms with Crippen LogP contribution >= 0.6 is 11.3 Å². The van der Waals surface area contributed by atoms with Crippen LogP contribution in [0.5, 0.6) is 0 Å². The summed E-state index contributed by atoms with van der Waals surface area (Å²) in [6.07, 6.45) is 3.83. The molecular formula is C15H15NS. The molecule has 2 aromatic heterocycles. The molecule has 3 aromatic rings. The van der Waals surface area contributed by atoms with Gasteiger partial charge >= 0.3 is 0 Å². The maximum atomic E-state index is 4.21. The maximum absolute atomic E-state index is 4.21. The zero-order valence-corrected chi connectivity index (χ0v) is 11.1. The molecular weight excluding hydrogens is 226 g/mol. The van der Waals surface area contributed by atoms with Crippen molar-refractivity contribution in [2.24, 2.45) is 0 Å². The SMILES string of the molecule is CC(C)(C)c1ccc2c(c1)sc1ccncc12. The van der Waals surface area contributed by atoms with Crippen LogP contribution in [0.2, 0.25) is 0 Å². The number of rotatable bonds is 0. The highest BCUT2D eigenvalue weighted by Gasteiger charge is 2.15. The number of hydrogen-bond acceptors (Lipinski definition) is 2. The van der Waals surface area contributed by atoms with Gasteiger partial charge in [-0.15, -0.1) is 11.3 Å². The molecule has 0 bridgehead atoms. The van der Waals surface area contributed by atoms with E-state index in [1.807, 2.05) is 23.7 Å². The van der Waals surface area contributed by atoms with E-state index in [1.165, 1.54) is 25.7 Å². The van der Waals surface area contributed by atoms with Crippen LogP contribution in [-0.4, -0.2) is 4.98 Å². The maximum Gasteiger partial charge on any atom is 0.0386 e.